The average molecular weight is 484 g/mol. The van der Waals surface area contributed by atoms with Gasteiger partial charge >= 0.3 is 6.36 Å². The SMILES string of the molecule is CNC(=O)c1cc(Oc2ccc3nnc(NC(=O)c4ccccc4OC(F)(F)F)nc3c2)ccn1. The Morgan fingerprint density at radius 3 is 2.46 bits per heavy atom. The van der Waals surface area contributed by atoms with E-state index in [1.54, 1.807) is 18.2 Å². The van der Waals surface area contributed by atoms with Crippen molar-refractivity contribution in [3.63, 3.8) is 0 Å². The van der Waals surface area contributed by atoms with Crippen molar-refractivity contribution in [2.45, 2.75) is 6.36 Å². The van der Waals surface area contributed by atoms with Gasteiger partial charge in [0, 0.05) is 25.4 Å². The van der Waals surface area contributed by atoms with Crippen LogP contribution in [0, 0.1) is 0 Å². The third kappa shape index (κ3) is 5.76. The molecular formula is C22H15F3N6O4. The van der Waals surface area contributed by atoms with Gasteiger partial charge in [0.1, 0.15) is 28.5 Å². The first-order chi connectivity index (χ1) is 16.7. The molecule has 0 aliphatic heterocycles. The number of nitrogens with one attached hydrogen (secondary N) is 2. The van der Waals surface area contributed by atoms with Gasteiger partial charge in [-0.1, -0.05) is 12.1 Å². The van der Waals surface area contributed by atoms with Crippen LogP contribution in [0.15, 0.2) is 60.8 Å². The molecule has 0 unspecified atom stereocenters. The lowest BCUT2D eigenvalue weighted by Crippen LogP contribution is -2.21. The fraction of sp³-hybridized carbons (Fsp3) is 0.0909. The first kappa shape index (κ1) is 23.4. The van der Waals surface area contributed by atoms with Crippen LogP contribution in [0.3, 0.4) is 0 Å². The summed E-state index contributed by atoms with van der Waals surface area (Å²) in [5, 5.41) is 12.5. The maximum atomic E-state index is 12.6. The summed E-state index contributed by atoms with van der Waals surface area (Å²) in [5.74, 6) is -1.53. The molecule has 0 saturated carbocycles. The molecule has 4 rings (SSSR count). The molecule has 0 radical (unpaired) electrons. The van der Waals surface area contributed by atoms with E-state index in [1.165, 1.54) is 43.6 Å². The van der Waals surface area contributed by atoms with E-state index in [0.29, 0.717) is 17.0 Å². The van der Waals surface area contributed by atoms with Gasteiger partial charge in [0.15, 0.2) is 0 Å². The zero-order valence-corrected chi connectivity index (χ0v) is 17.8. The number of hydrogen-bond acceptors (Lipinski definition) is 8. The number of para-hydroxylation sites is 1. The summed E-state index contributed by atoms with van der Waals surface area (Å²) in [4.78, 5) is 32.4. The molecule has 2 aromatic carbocycles. The predicted octanol–water partition coefficient (Wildman–Crippen LogP) is 3.72. The molecule has 0 saturated heterocycles. The standard InChI is InChI=1S/C22H15F3N6O4/c1-26-20(33)17-11-13(8-9-27-17)34-12-6-7-15-16(10-12)28-21(31-30-15)29-19(32)14-4-2-3-5-18(14)35-22(23,24)25/h2-11H,1H3,(H,26,33)(H,28,29,31,32). The number of carbonyl (C=O) groups excluding carboxylic acids is 2. The van der Waals surface area contributed by atoms with E-state index in [4.69, 9.17) is 4.74 Å². The molecule has 178 valence electrons. The van der Waals surface area contributed by atoms with Gasteiger partial charge in [-0.2, -0.15) is 0 Å². The number of hydrogen-bond donors (Lipinski definition) is 2. The molecular weight excluding hydrogens is 469 g/mol. The van der Waals surface area contributed by atoms with Crippen molar-refractivity contribution in [3.8, 4) is 17.2 Å². The first-order valence-corrected chi connectivity index (χ1v) is 9.88. The summed E-state index contributed by atoms with van der Waals surface area (Å²) in [6.07, 6.45) is -3.55. The zero-order chi connectivity index (χ0) is 25.0. The normalized spacial score (nSPS) is 11.1. The number of carbonyl (C=O) groups is 2. The maximum absolute atomic E-state index is 12.6. The van der Waals surface area contributed by atoms with E-state index in [-0.39, 0.29) is 28.6 Å². The van der Waals surface area contributed by atoms with E-state index in [9.17, 15) is 22.8 Å². The van der Waals surface area contributed by atoms with E-state index in [2.05, 4.69) is 35.5 Å². The highest BCUT2D eigenvalue weighted by atomic mass is 19.4. The molecule has 2 amide bonds. The molecule has 0 fully saturated rings. The van der Waals surface area contributed by atoms with Crippen LogP contribution in [-0.2, 0) is 0 Å². The number of nitrogens with zero attached hydrogens (tertiary/aromatic N) is 4. The molecule has 2 N–H and O–H groups in total. The molecule has 0 atom stereocenters. The van der Waals surface area contributed by atoms with Crippen LogP contribution in [-0.4, -0.2) is 45.4 Å². The van der Waals surface area contributed by atoms with Crippen LogP contribution in [0.25, 0.3) is 11.0 Å². The number of amides is 2. The number of alkyl halides is 3. The Bertz CT molecular complexity index is 1410. The lowest BCUT2D eigenvalue weighted by molar-refractivity contribution is -0.274. The van der Waals surface area contributed by atoms with Gasteiger partial charge < -0.3 is 14.8 Å². The zero-order valence-electron chi connectivity index (χ0n) is 17.8. The van der Waals surface area contributed by atoms with E-state index < -0.39 is 18.0 Å². The van der Waals surface area contributed by atoms with Gasteiger partial charge in [-0.3, -0.25) is 19.9 Å². The second kappa shape index (κ2) is 9.59. The van der Waals surface area contributed by atoms with Gasteiger partial charge in [0.25, 0.3) is 11.8 Å². The highest BCUT2D eigenvalue weighted by Crippen LogP contribution is 2.27. The van der Waals surface area contributed by atoms with Gasteiger partial charge in [-0.25, -0.2) is 4.98 Å². The van der Waals surface area contributed by atoms with Crippen molar-refractivity contribution in [2.24, 2.45) is 0 Å². The van der Waals surface area contributed by atoms with Crippen LogP contribution in [0.4, 0.5) is 19.1 Å². The van der Waals surface area contributed by atoms with Crippen molar-refractivity contribution in [1.29, 1.82) is 0 Å². The summed E-state index contributed by atoms with van der Waals surface area (Å²) in [5.41, 5.74) is 0.454. The highest BCUT2D eigenvalue weighted by Gasteiger charge is 2.33. The molecule has 0 bridgehead atoms. The van der Waals surface area contributed by atoms with Gasteiger partial charge in [-0.15, -0.1) is 23.4 Å². The Kier molecular flexibility index (Phi) is 6.40. The third-order valence-electron chi connectivity index (χ3n) is 4.44. The molecule has 0 spiro atoms. The Balaban J connectivity index is 1.55. The Labute approximate surface area is 195 Å². The quantitative estimate of drug-likeness (QED) is 0.424. The van der Waals surface area contributed by atoms with Crippen LogP contribution in [0.5, 0.6) is 17.2 Å². The first-order valence-electron chi connectivity index (χ1n) is 9.88. The van der Waals surface area contributed by atoms with Gasteiger partial charge in [-0.05, 0) is 30.3 Å². The number of rotatable bonds is 6. The molecule has 2 aromatic heterocycles. The largest absolute Gasteiger partial charge is 0.573 e. The molecule has 4 aromatic rings. The van der Waals surface area contributed by atoms with E-state index in [1.807, 2.05) is 0 Å². The third-order valence-corrected chi connectivity index (χ3v) is 4.44. The van der Waals surface area contributed by atoms with Crippen LogP contribution >= 0.6 is 0 Å². The number of fused-ring (bicyclic) bond motifs is 1. The number of ether oxygens (including phenoxy) is 2. The molecule has 35 heavy (non-hydrogen) atoms. The highest BCUT2D eigenvalue weighted by molar-refractivity contribution is 6.05. The number of pyridine rings is 1. The van der Waals surface area contributed by atoms with Crippen molar-refractivity contribution in [1.82, 2.24) is 25.5 Å². The molecule has 10 nitrogen and oxygen atoms in total. The molecule has 13 heteroatoms. The summed E-state index contributed by atoms with van der Waals surface area (Å²) < 4.78 is 47.6. The van der Waals surface area contributed by atoms with Crippen LogP contribution in [0.2, 0.25) is 0 Å². The lowest BCUT2D eigenvalue weighted by atomic mass is 10.2. The number of benzene rings is 2. The average Bonchev–Trinajstić information content (AvgIpc) is 2.83. The summed E-state index contributed by atoms with van der Waals surface area (Å²) in [6.45, 7) is 0. The maximum Gasteiger partial charge on any atom is 0.573 e. The minimum atomic E-state index is -4.97. The summed E-state index contributed by atoms with van der Waals surface area (Å²) in [6, 6.07) is 12.6. The second-order valence-electron chi connectivity index (χ2n) is 6.84. The Morgan fingerprint density at radius 2 is 1.69 bits per heavy atom. The van der Waals surface area contributed by atoms with Crippen molar-refractivity contribution in [3.05, 3.63) is 72.1 Å². The van der Waals surface area contributed by atoms with Gasteiger partial charge in [0.05, 0.1) is 11.1 Å². The fourth-order valence-corrected chi connectivity index (χ4v) is 2.93. The van der Waals surface area contributed by atoms with E-state index in [0.717, 1.165) is 6.07 Å². The Hall–Kier alpha value is -4.81. The Morgan fingerprint density at radius 1 is 0.914 bits per heavy atom. The lowest BCUT2D eigenvalue weighted by Gasteiger charge is -2.12. The van der Waals surface area contributed by atoms with Crippen molar-refractivity contribution < 1.29 is 32.2 Å². The number of halogens is 3. The molecule has 0 aliphatic rings. The second-order valence-corrected chi connectivity index (χ2v) is 6.84. The van der Waals surface area contributed by atoms with E-state index >= 15 is 0 Å². The van der Waals surface area contributed by atoms with Crippen molar-refractivity contribution in [2.75, 3.05) is 12.4 Å². The fourth-order valence-electron chi connectivity index (χ4n) is 2.93. The minimum Gasteiger partial charge on any atom is -0.457 e. The summed E-state index contributed by atoms with van der Waals surface area (Å²) in [7, 11) is 1.48. The van der Waals surface area contributed by atoms with Crippen LogP contribution < -0.4 is 20.1 Å². The summed E-state index contributed by atoms with van der Waals surface area (Å²) >= 11 is 0. The number of anilines is 1. The van der Waals surface area contributed by atoms with Crippen LogP contribution in [0.1, 0.15) is 20.8 Å². The molecule has 0 aliphatic carbocycles. The predicted molar refractivity (Wildman–Crippen MR) is 116 cm³/mol. The van der Waals surface area contributed by atoms with Gasteiger partial charge in [0.2, 0.25) is 5.95 Å². The monoisotopic (exact) mass is 484 g/mol. The molecule has 2 heterocycles. The topological polar surface area (TPSA) is 128 Å². The minimum absolute atomic E-state index is 0.162. The smallest absolute Gasteiger partial charge is 0.457 e. The van der Waals surface area contributed by atoms with Crippen molar-refractivity contribution >= 4 is 28.8 Å². The number of aromatic nitrogens is 4.